The minimum Gasteiger partial charge on any atom is -0.312 e. The Morgan fingerprint density at radius 2 is 2.09 bits per heavy atom. The molecule has 1 fully saturated rings. The van der Waals surface area contributed by atoms with Crippen LogP contribution in [0.3, 0.4) is 0 Å². The molecule has 23 heavy (non-hydrogen) atoms. The molecule has 1 unspecified atom stereocenters. The molecule has 0 spiro atoms. The Kier molecular flexibility index (Phi) is 5.00. The molecule has 0 aliphatic carbocycles. The third-order valence-corrected chi connectivity index (χ3v) is 4.90. The Hall–Kier alpha value is -1.42. The number of rotatable bonds is 5. The predicted molar refractivity (Wildman–Crippen MR) is 95.5 cm³/mol. The summed E-state index contributed by atoms with van der Waals surface area (Å²) < 4.78 is 2.39. The number of hydrogen-bond donors (Lipinski definition) is 0. The van der Waals surface area contributed by atoms with Gasteiger partial charge in [0.1, 0.15) is 11.3 Å². The van der Waals surface area contributed by atoms with Crippen molar-refractivity contribution in [3.05, 3.63) is 24.2 Å². The highest BCUT2D eigenvalue weighted by Crippen LogP contribution is 2.24. The molecule has 1 atom stereocenters. The van der Waals surface area contributed by atoms with Gasteiger partial charge in [0.25, 0.3) is 0 Å². The second-order valence-electron chi connectivity index (χ2n) is 7.68. The Morgan fingerprint density at radius 3 is 2.83 bits per heavy atom. The number of fused-ring (bicyclic) bond motifs is 1. The molecule has 1 aliphatic heterocycles. The average Bonchev–Trinajstić information content (AvgIpc) is 2.84. The molecule has 1 aliphatic rings. The van der Waals surface area contributed by atoms with Gasteiger partial charge in [0.2, 0.25) is 0 Å². The predicted octanol–water partition coefficient (Wildman–Crippen LogP) is 3.75. The smallest absolute Gasteiger partial charge is 0.159 e. The lowest BCUT2D eigenvalue weighted by Gasteiger charge is -2.35. The number of nitrogens with zero attached hydrogens (tertiary/aromatic N) is 4. The largest absolute Gasteiger partial charge is 0.312 e. The minimum atomic E-state index is 0.615. The van der Waals surface area contributed by atoms with Crippen LogP contribution in [-0.4, -0.2) is 38.6 Å². The second-order valence-corrected chi connectivity index (χ2v) is 7.68. The molecular weight excluding hydrogens is 284 g/mol. The number of hydrogen-bond acceptors (Lipinski definition) is 3. The van der Waals surface area contributed by atoms with E-state index in [2.05, 4.69) is 48.2 Å². The molecule has 4 nitrogen and oxygen atoms in total. The van der Waals surface area contributed by atoms with Gasteiger partial charge in [-0.05, 0) is 57.2 Å². The van der Waals surface area contributed by atoms with Crippen molar-refractivity contribution in [1.82, 2.24) is 19.4 Å². The summed E-state index contributed by atoms with van der Waals surface area (Å²) in [6.07, 6.45) is 5.54. The van der Waals surface area contributed by atoms with Gasteiger partial charge in [-0.3, -0.25) is 0 Å². The van der Waals surface area contributed by atoms with Crippen molar-refractivity contribution < 1.29 is 0 Å². The Morgan fingerprint density at radius 1 is 1.26 bits per heavy atom. The SMILES string of the molecule is CC(C)Cc1nc2cccnc2n1CC1CCCN(C(C)C)C1. The van der Waals surface area contributed by atoms with E-state index in [1.54, 1.807) is 0 Å². The van der Waals surface area contributed by atoms with Gasteiger partial charge in [-0.1, -0.05) is 13.8 Å². The zero-order valence-electron chi connectivity index (χ0n) is 15.0. The first-order valence-electron chi connectivity index (χ1n) is 9.08. The fourth-order valence-electron chi connectivity index (χ4n) is 3.69. The zero-order chi connectivity index (χ0) is 16.4. The second kappa shape index (κ2) is 7.00. The number of pyridine rings is 1. The van der Waals surface area contributed by atoms with E-state index in [4.69, 9.17) is 4.98 Å². The van der Waals surface area contributed by atoms with Crippen LogP contribution < -0.4 is 0 Å². The van der Waals surface area contributed by atoms with E-state index in [0.29, 0.717) is 17.9 Å². The molecule has 0 N–H and O–H groups in total. The molecule has 0 aromatic carbocycles. The van der Waals surface area contributed by atoms with Crippen molar-refractivity contribution in [2.24, 2.45) is 11.8 Å². The normalized spacial score (nSPS) is 20.0. The minimum absolute atomic E-state index is 0.615. The van der Waals surface area contributed by atoms with Crippen molar-refractivity contribution in [2.75, 3.05) is 13.1 Å². The number of imidazole rings is 1. The third-order valence-electron chi connectivity index (χ3n) is 4.90. The van der Waals surface area contributed by atoms with Gasteiger partial charge < -0.3 is 9.47 Å². The summed E-state index contributed by atoms with van der Waals surface area (Å²) in [7, 11) is 0. The monoisotopic (exact) mass is 314 g/mol. The standard InChI is InChI=1S/C19H30N4/c1-14(2)11-18-21-17-8-5-9-20-19(17)23(18)13-16-7-6-10-22(12-16)15(3)4/h5,8-9,14-16H,6-7,10-13H2,1-4H3. The van der Waals surface area contributed by atoms with Gasteiger partial charge in [0.15, 0.2) is 5.65 Å². The maximum absolute atomic E-state index is 4.86. The molecule has 4 heteroatoms. The van der Waals surface area contributed by atoms with Gasteiger partial charge in [0.05, 0.1) is 0 Å². The molecule has 2 aromatic rings. The molecule has 1 saturated heterocycles. The van der Waals surface area contributed by atoms with E-state index >= 15 is 0 Å². The number of aromatic nitrogens is 3. The van der Waals surface area contributed by atoms with Crippen LogP contribution in [0.25, 0.3) is 11.2 Å². The van der Waals surface area contributed by atoms with E-state index < -0.39 is 0 Å². The quantitative estimate of drug-likeness (QED) is 0.843. The highest BCUT2D eigenvalue weighted by atomic mass is 15.2. The van der Waals surface area contributed by atoms with Gasteiger partial charge in [0, 0.05) is 31.7 Å². The lowest BCUT2D eigenvalue weighted by Crippen LogP contribution is -2.41. The summed E-state index contributed by atoms with van der Waals surface area (Å²) >= 11 is 0. The van der Waals surface area contributed by atoms with Crippen LogP contribution >= 0.6 is 0 Å². The van der Waals surface area contributed by atoms with Crippen LogP contribution in [0.4, 0.5) is 0 Å². The van der Waals surface area contributed by atoms with E-state index in [1.165, 1.54) is 31.8 Å². The lowest BCUT2D eigenvalue weighted by atomic mass is 9.96. The first-order chi connectivity index (χ1) is 11.0. The molecule has 0 saturated carbocycles. The maximum atomic E-state index is 4.86. The van der Waals surface area contributed by atoms with Crippen LogP contribution in [0, 0.1) is 11.8 Å². The molecule has 0 amide bonds. The zero-order valence-corrected chi connectivity index (χ0v) is 15.0. The summed E-state index contributed by atoms with van der Waals surface area (Å²) in [6, 6.07) is 4.72. The van der Waals surface area contributed by atoms with E-state index in [1.807, 2.05) is 12.3 Å². The lowest BCUT2D eigenvalue weighted by molar-refractivity contribution is 0.130. The number of likely N-dealkylation sites (tertiary alicyclic amines) is 1. The highest BCUT2D eigenvalue weighted by molar-refractivity contribution is 5.71. The van der Waals surface area contributed by atoms with Gasteiger partial charge >= 0.3 is 0 Å². The molecule has 0 radical (unpaired) electrons. The van der Waals surface area contributed by atoms with Crippen LogP contribution in [0.1, 0.15) is 46.4 Å². The van der Waals surface area contributed by atoms with Crippen molar-refractivity contribution in [1.29, 1.82) is 0 Å². The topological polar surface area (TPSA) is 34.0 Å². The molecule has 0 bridgehead atoms. The van der Waals surface area contributed by atoms with Crippen LogP contribution in [-0.2, 0) is 13.0 Å². The summed E-state index contributed by atoms with van der Waals surface area (Å²) in [4.78, 5) is 12.1. The van der Waals surface area contributed by atoms with Crippen molar-refractivity contribution in [3.8, 4) is 0 Å². The van der Waals surface area contributed by atoms with E-state index in [9.17, 15) is 0 Å². The first kappa shape index (κ1) is 16.4. The Labute approximate surface area is 139 Å². The average molecular weight is 314 g/mol. The van der Waals surface area contributed by atoms with Gasteiger partial charge in [-0.25, -0.2) is 9.97 Å². The van der Waals surface area contributed by atoms with E-state index in [0.717, 1.165) is 24.1 Å². The van der Waals surface area contributed by atoms with Gasteiger partial charge in [-0.2, -0.15) is 0 Å². The van der Waals surface area contributed by atoms with Crippen LogP contribution in [0.2, 0.25) is 0 Å². The van der Waals surface area contributed by atoms with Crippen molar-refractivity contribution in [2.45, 2.75) is 59.5 Å². The Balaban J connectivity index is 1.86. The van der Waals surface area contributed by atoms with E-state index in [-0.39, 0.29) is 0 Å². The van der Waals surface area contributed by atoms with Crippen molar-refractivity contribution >= 4 is 11.2 Å². The molecule has 126 valence electrons. The number of piperidine rings is 1. The maximum Gasteiger partial charge on any atom is 0.159 e. The Bertz CT molecular complexity index is 644. The summed E-state index contributed by atoms with van der Waals surface area (Å²) in [5.41, 5.74) is 2.10. The van der Waals surface area contributed by atoms with Crippen LogP contribution in [0.5, 0.6) is 0 Å². The van der Waals surface area contributed by atoms with Crippen molar-refractivity contribution in [3.63, 3.8) is 0 Å². The summed E-state index contributed by atoms with van der Waals surface area (Å²) in [5, 5.41) is 0. The third kappa shape index (κ3) is 3.74. The summed E-state index contributed by atoms with van der Waals surface area (Å²) in [6.45, 7) is 12.6. The molecular formula is C19H30N4. The fraction of sp³-hybridized carbons (Fsp3) is 0.684. The fourth-order valence-corrected chi connectivity index (χ4v) is 3.69. The molecule has 2 aromatic heterocycles. The molecule has 3 rings (SSSR count). The highest BCUT2D eigenvalue weighted by Gasteiger charge is 2.24. The molecule has 3 heterocycles. The first-order valence-corrected chi connectivity index (χ1v) is 9.08. The van der Waals surface area contributed by atoms with Gasteiger partial charge in [-0.15, -0.1) is 0 Å². The summed E-state index contributed by atoms with van der Waals surface area (Å²) in [5.74, 6) is 2.52. The van der Waals surface area contributed by atoms with Crippen LogP contribution in [0.15, 0.2) is 18.3 Å².